The summed E-state index contributed by atoms with van der Waals surface area (Å²) in [5.41, 5.74) is 7.82. The maximum absolute atomic E-state index is 13.2. The first-order valence-corrected chi connectivity index (χ1v) is 16.8. The first-order valence-electron chi connectivity index (χ1n) is 16.0. The topological polar surface area (TPSA) is 149 Å². The fourth-order valence-corrected chi connectivity index (χ4v) is 6.74. The normalized spacial score (nSPS) is 25.7. The van der Waals surface area contributed by atoms with E-state index < -0.39 is 23.7 Å². The molecule has 2 aliphatic carbocycles. The summed E-state index contributed by atoms with van der Waals surface area (Å²) in [6.07, 6.45) is 12.4. The van der Waals surface area contributed by atoms with Crippen molar-refractivity contribution in [3.8, 4) is 11.6 Å². The van der Waals surface area contributed by atoms with Gasteiger partial charge in [0.25, 0.3) is 5.91 Å². The molecule has 0 spiro atoms. The molecule has 45 heavy (non-hydrogen) atoms. The van der Waals surface area contributed by atoms with Crippen LogP contribution in [0.3, 0.4) is 0 Å². The number of amides is 2. The van der Waals surface area contributed by atoms with E-state index in [0.29, 0.717) is 35.7 Å². The van der Waals surface area contributed by atoms with E-state index in [1.807, 2.05) is 26.1 Å². The standard InChI is InChI=1S/C33H46N6O5S/c1-21-29(37-28-17-24(43-4)12-13-27(28)36-21)44-25-16-23(20-40)39(19-25)30(41)26(34)11-9-7-5-6-8-10-22-18-33(22,35-3)31(42)38-45-32(2)14-15-32/h8,10,12-13,17,20,22-23,25-26,35H,5-7,9,11,14-16,18-19,34H2,1-4H3,(H,38,42)/b10-8-/t22-,23?,25-,26+,33-/m1/s1. The monoisotopic (exact) mass is 638 g/mol. The maximum Gasteiger partial charge on any atom is 0.250 e. The number of hydrogen-bond donors (Lipinski definition) is 3. The molecule has 3 fully saturated rings. The molecule has 3 aliphatic rings. The molecular weight excluding hydrogens is 592 g/mol. The van der Waals surface area contributed by atoms with Crippen LogP contribution in [0.5, 0.6) is 11.6 Å². The van der Waals surface area contributed by atoms with Crippen molar-refractivity contribution in [1.29, 1.82) is 0 Å². The zero-order valence-corrected chi connectivity index (χ0v) is 27.5. The minimum Gasteiger partial charge on any atom is -0.497 e. The van der Waals surface area contributed by atoms with Gasteiger partial charge < -0.3 is 30.2 Å². The largest absolute Gasteiger partial charge is 0.497 e. The summed E-state index contributed by atoms with van der Waals surface area (Å²) in [7, 11) is 3.45. The minimum atomic E-state index is -0.673. The molecule has 244 valence electrons. The van der Waals surface area contributed by atoms with E-state index in [0.717, 1.165) is 56.7 Å². The summed E-state index contributed by atoms with van der Waals surface area (Å²) in [4.78, 5) is 48.6. The number of nitrogens with zero attached hydrogens (tertiary/aromatic N) is 3. The molecule has 2 saturated carbocycles. The summed E-state index contributed by atoms with van der Waals surface area (Å²) >= 11 is 1.56. The maximum atomic E-state index is 13.2. The number of carbonyl (C=O) groups is 3. The Bertz CT molecular complexity index is 1430. The van der Waals surface area contributed by atoms with E-state index in [9.17, 15) is 14.4 Å². The summed E-state index contributed by atoms with van der Waals surface area (Å²) in [5.74, 6) is 1.10. The van der Waals surface area contributed by atoms with Crippen LogP contribution in [-0.2, 0) is 14.4 Å². The van der Waals surface area contributed by atoms with Crippen molar-refractivity contribution in [1.82, 2.24) is 24.9 Å². The van der Waals surface area contributed by atoms with Crippen molar-refractivity contribution in [2.45, 2.75) is 100 Å². The average Bonchev–Trinajstić information content (AvgIpc) is 3.92. The molecule has 2 heterocycles. The Kier molecular flexibility index (Phi) is 10.3. The molecule has 11 nitrogen and oxygen atoms in total. The Balaban J connectivity index is 1.03. The summed E-state index contributed by atoms with van der Waals surface area (Å²) < 4.78 is 14.7. The van der Waals surface area contributed by atoms with Crippen molar-refractivity contribution < 1.29 is 23.9 Å². The van der Waals surface area contributed by atoms with Crippen molar-refractivity contribution in [3.05, 3.63) is 36.0 Å². The van der Waals surface area contributed by atoms with Crippen LogP contribution < -0.4 is 25.2 Å². The second-order valence-corrected chi connectivity index (χ2v) is 14.2. The van der Waals surface area contributed by atoms with Crippen LogP contribution in [0.2, 0.25) is 0 Å². The zero-order chi connectivity index (χ0) is 32.2. The number of fused-ring (bicyclic) bond motifs is 1. The first-order chi connectivity index (χ1) is 21.6. The van der Waals surface area contributed by atoms with Crippen LogP contribution in [0.1, 0.15) is 70.4 Å². The smallest absolute Gasteiger partial charge is 0.250 e. The molecule has 2 aromatic rings. The van der Waals surface area contributed by atoms with Crippen molar-refractivity contribution in [3.63, 3.8) is 0 Å². The van der Waals surface area contributed by atoms with Crippen molar-refractivity contribution in [2.24, 2.45) is 11.7 Å². The Morgan fingerprint density at radius 1 is 1.22 bits per heavy atom. The number of methoxy groups -OCH3 is 1. The second kappa shape index (κ2) is 14.0. The van der Waals surface area contributed by atoms with Crippen LogP contribution in [0.4, 0.5) is 0 Å². The Morgan fingerprint density at radius 3 is 2.73 bits per heavy atom. The number of carbonyl (C=O) groups excluding carboxylic acids is 3. The van der Waals surface area contributed by atoms with E-state index >= 15 is 0 Å². The first kappa shape index (κ1) is 33.2. The number of aromatic nitrogens is 2. The lowest BCUT2D eigenvalue weighted by Gasteiger charge is -2.24. The molecule has 2 amide bonds. The molecule has 1 aliphatic heterocycles. The number of benzene rings is 1. The summed E-state index contributed by atoms with van der Waals surface area (Å²) in [6.45, 7) is 4.27. The minimum absolute atomic E-state index is 0.0719. The van der Waals surface area contributed by atoms with Crippen LogP contribution in [0, 0.1) is 12.8 Å². The van der Waals surface area contributed by atoms with Gasteiger partial charge in [0.15, 0.2) is 0 Å². The number of unbranched alkanes of at least 4 members (excludes halogenated alkanes) is 3. The highest BCUT2D eigenvalue weighted by Crippen LogP contribution is 2.49. The zero-order valence-electron chi connectivity index (χ0n) is 26.7. The van der Waals surface area contributed by atoms with E-state index in [2.05, 4.69) is 39.1 Å². The molecule has 0 bridgehead atoms. The predicted molar refractivity (Wildman–Crippen MR) is 175 cm³/mol. The van der Waals surface area contributed by atoms with Crippen LogP contribution in [-0.4, -0.2) is 82.1 Å². The fraction of sp³-hybridized carbons (Fsp3) is 0.606. The number of aryl methyl sites for hydroxylation is 1. The summed E-state index contributed by atoms with van der Waals surface area (Å²) in [6, 6.07) is 4.20. The van der Waals surface area contributed by atoms with Gasteiger partial charge in [-0.3, -0.25) is 14.3 Å². The third-order valence-corrected chi connectivity index (χ3v) is 10.5. The summed E-state index contributed by atoms with van der Waals surface area (Å²) in [5, 5.41) is 3.23. The van der Waals surface area contributed by atoms with Gasteiger partial charge in [-0.05, 0) is 83.5 Å². The number of likely N-dealkylation sites (N-methyl/N-ethyl adjacent to an activating group) is 1. The molecule has 5 atom stereocenters. The number of allylic oxidation sites excluding steroid dienone is 1. The molecule has 5 rings (SSSR count). The quantitative estimate of drug-likeness (QED) is 0.108. The highest BCUT2D eigenvalue weighted by Gasteiger charge is 2.58. The van der Waals surface area contributed by atoms with Gasteiger partial charge in [-0.15, -0.1) is 0 Å². The van der Waals surface area contributed by atoms with Crippen LogP contribution in [0.25, 0.3) is 11.0 Å². The van der Waals surface area contributed by atoms with E-state index in [4.69, 9.17) is 15.2 Å². The number of ether oxygens (including phenoxy) is 2. The van der Waals surface area contributed by atoms with E-state index in [1.54, 1.807) is 30.0 Å². The third kappa shape index (κ3) is 7.78. The molecule has 12 heteroatoms. The highest BCUT2D eigenvalue weighted by molar-refractivity contribution is 7.99. The lowest BCUT2D eigenvalue weighted by molar-refractivity contribution is -0.136. The molecule has 1 unspecified atom stereocenters. The van der Waals surface area contributed by atoms with Gasteiger partial charge in [0.1, 0.15) is 29.4 Å². The van der Waals surface area contributed by atoms with Crippen LogP contribution in [0.15, 0.2) is 30.4 Å². The number of likely N-dealkylation sites (tertiary alicyclic amines) is 1. The Morgan fingerprint density at radius 2 is 2.02 bits per heavy atom. The predicted octanol–water partition coefficient (Wildman–Crippen LogP) is 3.62. The molecule has 1 aromatic heterocycles. The Labute approximate surface area is 269 Å². The number of nitrogens with two attached hydrogens (primary N) is 1. The molecule has 1 saturated heterocycles. The fourth-order valence-electron chi connectivity index (χ4n) is 5.92. The van der Waals surface area contributed by atoms with Gasteiger partial charge in [-0.25, -0.2) is 9.97 Å². The number of rotatable bonds is 16. The second-order valence-electron chi connectivity index (χ2n) is 12.8. The van der Waals surface area contributed by atoms with E-state index in [-0.39, 0.29) is 29.0 Å². The molecule has 1 aromatic carbocycles. The van der Waals surface area contributed by atoms with Gasteiger partial charge in [-0.1, -0.05) is 25.0 Å². The SMILES string of the molecule is CN[C@]1(C(=O)NSC2(C)CC2)C[C@H]1/C=C\CCCCC[C@H](N)C(=O)N1C[C@H](Oc2nc3cc(OC)ccc3nc2C)CC1C=O. The van der Waals surface area contributed by atoms with Gasteiger partial charge >= 0.3 is 0 Å². The van der Waals surface area contributed by atoms with Gasteiger partial charge in [-0.2, -0.15) is 0 Å². The van der Waals surface area contributed by atoms with Gasteiger partial charge in [0, 0.05) is 23.2 Å². The lowest BCUT2D eigenvalue weighted by atomic mass is 10.1. The Hall–Kier alpha value is -3.22. The molecular formula is C33H46N6O5S. The van der Waals surface area contributed by atoms with Crippen molar-refractivity contribution in [2.75, 3.05) is 20.7 Å². The third-order valence-electron chi connectivity index (χ3n) is 9.31. The molecule has 0 radical (unpaired) electrons. The van der Waals surface area contributed by atoms with Crippen LogP contribution >= 0.6 is 11.9 Å². The average molecular weight is 639 g/mol. The number of aldehydes is 1. The highest BCUT2D eigenvalue weighted by atomic mass is 32.2. The van der Waals surface area contributed by atoms with Gasteiger partial charge in [0.05, 0.1) is 36.8 Å². The molecule has 4 N–H and O–H groups in total. The number of hydrogen-bond acceptors (Lipinski definition) is 10. The van der Waals surface area contributed by atoms with E-state index in [1.165, 1.54) is 0 Å². The van der Waals surface area contributed by atoms with Gasteiger partial charge in [0.2, 0.25) is 11.8 Å². The number of nitrogens with one attached hydrogen (secondary N) is 2. The van der Waals surface area contributed by atoms with Crippen molar-refractivity contribution >= 4 is 41.1 Å². The lowest BCUT2D eigenvalue weighted by Crippen LogP contribution is -2.46.